The molecule has 0 spiro atoms. The minimum absolute atomic E-state index is 0.0105. The predicted octanol–water partition coefficient (Wildman–Crippen LogP) is 5.44. The first kappa shape index (κ1) is 34.0. The smallest absolute Gasteiger partial charge is 0.367 e. The first-order valence-electron chi connectivity index (χ1n) is 13.5. The summed E-state index contributed by atoms with van der Waals surface area (Å²) in [5.74, 6) is -0.647. The number of hydrogen-bond donors (Lipinski definition) is 2. The molecule has 0 heterocycles. The molecule has 12 heteroatoms. The maximum Gasteiger partial charge on any atom is 0.367 e. The van der Waals surface area contributed by atoms with E-state index in [4.69, 9.17) is 39.9 Å². The van der Waals surface area contributed by atoms with E-state index in [0.717, 1.165) is 11.1 Å². The maximum absolute atomic E-state index is 12.1. The Morgan fingerprint density at radius 3 is 1.57 bits per heavy atom. The van der Waals surface area contributed by atoms with Gasteiger partial charge in [-0.2, -0.15) is 10.5 Å². The zero-order valence-electron chi connectivity index (χ0n) is 25.2. The van der Waals surface area contributed by atoms with E-state index in [1.165, 1.54) is 45.4 Å². The lowest BCUT2D eigenvalue weighted by molar-refractivity contribution is 0.0514. The van der Waals surface area contributed by atoms with Gasteiger partial charge in [0.15, 0.2) is 23.0 Å². The number of oxime groups is 1. The molecule has 0 aliphatic rings. The molecular weight excluding hydrogens is 592 g/mol. The summed E-state index contributed by atoms with van der Waals surface area (Å²) in [5, 5.41) is 30.8. The second-order valence-electron chi connectivity index (χ2n) is 9.29. The molecule has 4 aromatic carbocycles. The van der Waals surface area contributed by atoms with Crippen molar-refractivity contribution in [1.82, 2.24) is 0 Å². The van der Waals surface area contributed by atoms with Crippen molar-refractivity contribution in [2.24, 2.45) is 10.9 Å². The van der Waals surface area contributed by atoms with Crippen LogP contribution < -0.4 is 24.7 Å². The first-order chi connectivity index (χ1) is 22.2. The van der Waals surface area contributed by atoms with Gasteiger partial charge in [0.25, 0.3) is 0 Å². The van der Waals surface area contributed by atoms with E-state index in [0.29, 0.717) is 17.2 Å². The van der Waals surface area contributed by atoms with Gasteiger partial charge in [0.2, 0.25) is 0 Å². The van der Waals surface area contributed by atoms with E-state index in [2.05, 4.69) is 5.16 Å². The topological polar surface area (TPSA) is 186 Å². The molecule has 4 rings (SSSR count). The molecule has 46 heavy (non-hydrogen) atoms. The average molecular weight is 623 g/mol. The fraction of sp³-hybridized carbons (Fsp3) is 0.147. The molecule has 0 bridgehead atoms. The van der Waals surface area contributed by atoms with E-state index in [1.54, 1.807) is 0 Å². The van der Waals surface area contributed by atoms with Crippen molar-refractivity contribution >= 4 is 17.8 Å². The van der Waals surface area contributed by atoms with Crippen LogP contribution in [0, 0.1) is 22.7 Å². The highest BCUT2D eigenvalue weighted by atomic mass is 16.7. The first-order valence-corrected chi connectivity index (χ1v) is 13.5. The van der Waals surface area contributed by atoms with Crippen LogP contribution in [0.5, 0.6) is 23.0 Å². The lowest BCUT2D eigenvalue weighted by Crippen LogP contribution is -2.10. The molecule has 0 aliphatic carbocycles. The summed E-state index contributed by atoms with van der Waals surface area (Å²) in [6, 6.07) is 28.2. The third-order valence-corrected chi connectivity index (χ3v) is 6.05. The van der Waals surface area contributed by atoms with Crippen molar-refractivity contribution in [2.45, 2.75) is 20.1 Å². The lowest BCUT2D eigenvalue weighted by atomic mass is 10.1. The van der Waals surface area contributed by atoms with E-state index in [9.17, 15) is 14.9 Å². The Labute approximate surface area is 265 Å². The molecule has 4 aromatic rings. The number of nitrogens with zero attached hydrogens (tertiary/aromatic N) is 3. The van der Waals surface area contributed by atoms with Gasteiger partial charge in [0.05, 0.1) is 36.5 Å². The molecule has 0 aromatic heterocycles. The zero-order valence-corrected chi connectivity index (χ0v) is 25.2. The quantitative estimate of drug-likeness (QED) is 0.0939. The molecule has 0 amide bonds. The number of carboxylic acids is 1. The molecule has 0 saturated heterocycles. The van der Waals surface area contributed by atoms with Gasteiger partial charge in [0.1, 0.15) is 31.2 Å². The third kappa shape index (κ3) is 9.49. The molecule has 0 radical (unpaired) electrons. The van der Waals surface area contributed by atoms with Gasteiger partial charge in [-0.15, -0.1) is 0 Å². The highest BCUT2D eigenvalue weighted by Crippen LogP contribution is 2.33. The minimum Gasteiger partial charge on any atom is -0.493 e. The standard InChI is InChI=1S/C18H17N3O4.C16H13NO4/c1-12(20)21-25-18(22)15-9-17(16(23-2)8-14(15)10-19)24-11-13-6-4-3-5-7-13;1-20-14-7-12(9-17)13(16(18)19)8-15(14)21-10-11-5-3-2-4-6-11/h3-9H,11H2,1-2H3,(H2,20,21);2-8H,10H2,1H3,(H,18,19). The number of nitriles is 2. The van der Waals surface area contributed by atoms with Crippen LogP contribution >= 0.6 is 0 Å². The molecule has 0 aliphatic heterocycles. The fourth-order valence-electron chi connectivity index (χ4n) is 3.83. The Balaban J connectivity index is 0.000000254. The number of rotatable bonds is 11. The van der Waals surface area contributed by atoms with E-state index in [1.807, 2.05) is 72.8 Å². The van der Waals surface area contributed by atoms with Gasteiger partial charge in [-0.25, -0.2) is 9.59 Å². The Hall–Kier alpha value is -6.53. The second kappa shape index (κ2) is 16.9. The highest BCUT2D eigenvalue weighted by molar-refractivity contribution is 5.94. The van der Waals surface area contributed by atoms with Crippen LogP contribution in [-0.2, 0) is 18.1 Å². The summed E-state index contributed by atoms with van der Waals surface area (Å²) in [6.45, 7) is 2.03. The van der Waals surface area contributed by atoms with Crippen molar-refractivity contribution in [2.75, 3.05) is 14.2 Å². The molecule has 0 fully saturated rings. The van der Waals surface area contributed by atoms with Crippen LogP contribution in [0.1, 0.15) is 49.9 Å². The third-order valence-electron chi connectivity index (χ3n) is 6.05. The molecule has 0 atom stereocenters. The van der Waals surface area contributed by atoms with Crippen molar-refractivity contribution in [1.29, 1.82) is 10.5 Å². The summed E-state index contributed by atoms with van der Waals surface area (Å²) in [7, 11) is 2.89. The minimum atomic E-state index is -1.18. The Bertz CT molecular complexity index is 1780. The van der Waals surface area contributed by atoms with Gasteiger partial charge >= 0.3 is 11.9 Å². The van der Waals surface area contributed by atoms with Crippen LogP contribution in [0.25, 0.3) is 0 Å². The number of hydrogen-bond acceptors (Lipinski definition) is 10. The van der Waals surface area contributed by atoms with Crippen molar-refractivity contribution in [3.05, 3.63) is 118 Å². The Morgan fingerprint density at radius 2 is 1.17 bits per heavy atom. The zero-order chi connectivity index (χ0) is 33.5. The van der Waals surface area contributed by atoms with E-state index >= 15 is 0 Å². The predicted molar refractivity (Wildman–Crippen MR) is 167 cm³/mol. The van der Waals surface area contributed by atoms with Crippen molar-refractivity contribution < 1.29 is 38.5 Å². The molecule has 234 valence electrons. The van der Waals surface area contributed by atoms with Gasteiger partial charge in [-0.3, -0.25) is 0 Å². The highest BCUT2D eigenvalue weighted by Gasteiger charge is 2.19. The van der Waals surface area contributed by atoms with Crippen LogP contribution in [-0.4, -0.2) is 37.1 Å². The second-order valence-corrected chi connectivity index (χ2v) is 9.29. The van der Waals surface area contributed by atoms with E-state index < -0.39 is 11.9 Å². The Kier molecular flexibility index (Phi) is 12.5. The van der Waals surface area contributed by atoms with Gasteiger partial charge in [0, 0.05) is 12.1 Å². The normalized spacial score (nSPS) is 10.2. The summed E-state index contributed by atoms with van der Waals surface area (Å²) in [4.78, 5) is 28.0. The molecule has 0 unspecified atom stereocenters. The lowest BCUT2D eigenvalue weighted by Gasteiger charge is -2.13. The van der Waals surface area contributed by atoms with Crippen LogP contribution in [0.3, 0.4) is 0 Å². The molecule has 3 N–H and O–H groups in total. The number of aromatic carboxylic acids is 1. The number of carbonyl (C=O) groups is 2. The van der Waals surface area contributed by atoms with Crippen LogP contribution in [0.4, 0.5) is 0 Å². The van der Waals surface area contributed by atoms with Gasteiger partial charge < -0.3 is 34.6 Å². The average Bonchev–Trinajstić information content (AvgIpc) is 3.09. The molecule has 0 saturated carbocycles. The fourth-order valence-corrected chi connectivity index (χ4v) is 3.83. The largest absolute Gasteiger partial charge is 0.493 e. The number of benzene rings is 4. The van der Waals surface area contributed by atoms with Gasteiger partial charge in [-0.05, 0) is 30.2 Å². The number of nitrogens with two attached hydrogens (primary N) is 1. The maximum atomic E-state index is 12.1. The summed E-state index contributed by atoms with van der Waals surface area (Å²) < 4.78 is 21.7. The van der Waals surface area contributed by atoms with Crippen LogP contribution in [0.2, 0.25) is 0 Å². The number of carboxylic acid groups (broad SMARTS) is 1. The molecular formula is C34H30N4O8. The number of amidine groups is 1. The summed E-state index contributed by atoms with van der Waals surface area (Å²) >= 11 is 0. The number of ether oxygens (including phenoxy) is 4. The van der Waals surface area contributed by atoms with Crippen molar-refractivity contribution in [3.63, 3.8) is 0 Å². The number of methoxy groups -OCH3 is 2. The van der Waals surface area contributed by atoms with Crippen LogP contribution in [0.15, 0.2) is 90.1 Å². The molecule has 12 nitrogen and oxygen atoms in total. The van der Waals surface area contributed by atoms with Gasteiger partial charge in [-0.1, -0.05) is 65.8 Å². The van der Waals surface area contributed by atoms with E-state index in [-0.39, 0.29) is 47.1 Å². The van der Waals surface area contributed by atoms with Crippen molar-refractivity contribution in [3.8, 4) is 35.1 Å². The Morgan fingerprint density at radius 1 is 0.739 bits per heavy atom. The SMILES string of the molecule is COc1cc(C#N)c(C(=O)O)cc1OCc1ccccc1.COc1cc(C#N)c(C(=O)ON=C(C)N)cc1OCc1ccccc1. The summed E-state index contributed by atoms with van der Waals surface area (Å²) in [6.07, 6.45) is 0. The summed E-state index contributed by atoms with van der Waals surface area (Å²) in [5.41, 5.74) is 7.25. The number of carbonyl (C=O) groups excluding carboxylic acids is 1. The monoisotopic (exact) mass is 622 g/mol.